The van der Waals surface area contributed by atoms with E-state index in [1.807, 2.05) is 78.5 Å². The molecule has 0 radical (unpaired) electrons. The number of benzene rings is 5. The predicted octanol–water partition coefficient (Wildman–Crippen LogP) is 13.1. The first-order valence-corrected chi connectivity index (χ1v) is 36.6. The Kier molecular flexibility index (Phi) is 20.1. The molecular weight excluding hydrogens is 1170 g/mol. The number of hydrogen-bond donors (Lipinski definition) is 1. The second kappa shape index (κ2) is 27.2. The average Bonchev–Trinajstić information content (AvgIpc) is 1.68. The van der Waals surface area contributed by atoms with E-state index in [0.717, 1.165) is 33.0 Å². The van der Waals surface area contributed by atoms with Crippen molar-refractivity contribution < 1.29 is 65.8 Å². The summed E-state index contributed by atoms with van der Waals surface area (Å²) in [6, 6.07) is 25.8. The summed E-state index contributed by atoms with van der Waals surface area (Å²) >= 11 is 7.31. The number of aryl methyl sites for hydroxylation is 3. The smallest absolute Gasteiger partial charge is 0.308 e. The molecule has 5 bridgehead atoms. The molecule has 19 heteroatoms. The molecule has 2 aliphatic heterocycles. The third kappa shape index (κ3) is 14.5. The quantitative estimate of drug-likeness (QED) is 0.0180. The summed E-state index contributed by atoms with van der Waals surface area (Å²) < 4.78 is 79.2. The lowest BCUT2D eigenvalue weighted by Crippen LogP contribution is -2.62. The fourth-order valence-electron chi connectivity index (χ4n) is 11.5. The molecule has 5 aromatic carbocycles. The SMILES string of the molecule is C=CCOc1cc2cc(OC(C)C)c(OC)c(OC)c2cc1C(=O)N[C@@H]1CC(=O)OC[C@H](OCOC)[C@@]2(O[Si](C)(C)C)C#CC3=C[C@H](Oc4ccc1nc4Cl)[C@@H](OCc1ccc4ccccc4c1)[C@]3(O[Si](C)(C)C)[C@H](Oc1c(C)cc(C)cc1C)C#CC2. The molecule has 16 nitrogen and oxygen atoms in total. The van der Waals surface area contributed by atoms with Crippen molar-refractivity contribution in [3.8, 4) is 58.2 Å². The summed E-state index contributed by atoms with van der Waals surface area (Å²) in [6.07, 6.45) is -1.43. The van der Waals surface area contributed by atoms with Crippen LogP contribution in [-0.4, -0.2) is 117 Å². The molecule has 6 aromatic rings. The van der Waals surface area contributed by atoms with Crippen molar-refractivity contribution in [2.24, 2.45) is 0 Å². The molecule has 3 heterocycles. The molecule has 0 unspecified atom stereocenters. The van der Waals surface area contributed by atoms with Crippen molar-refractivity contribution in [2.45, 2.75) is 141 Å². The van der Waals surface area contributed by atoms with Gasteiger partial charge in [-0.25, -0.2) is 4.98 Å². The molecule has 1 aromatic heterocycles. The molecule has 4 aliphatic rings. The largest absolute Gasteiger partial charge is 0.492 e. The molecule has 7 atom stereocenters. The first-order chi connectivity index (χ1) is 41.9. The number of rotatable bonds is 21. The van der Waals surface area contributed by atoms with Crippen LogP contribution in [0.3, 0.4) is 0 Å². The highest BCUT2D eigenvalue weighted by Crippen LogP contribution is 2.48. The number of carbonyl (C=O) groups is 2. The van der Waals surface area contributed by atoms with Gasteiger partial charge in [-0.15, -0.1) is 0 Å². The van der Waals surface area contributed by atoms with Gasteiger partial charge in [0, 0.05) is 18.1 Å². The van der Waals surface area contributed by atoms with Gasteiger partial charge in [0.1, 0.15) is 49.8 Å². The zero-order valence-corrected chi connectivity index (χ0v) is 55.4. The molecule has 0 fully saturated rings. The number of fused-ring (bicyclic) bond motifs is 9. The summed E-state index contributed by atoms with van der Waals surface area (Å²) in [6.45, 7) is 25.7. The van der Waals surface area contributed by atoms with E-state index in [4.69, 9.17) is 72.8 Å². The Morgan fingerprint density at radius 1 is 0.864 bits per heavy atom. The number of nitrogens with one attached hydrogen (secondary N) is 1. The number of aromatic nitrogens is 1. The van der Waals surface area contributed by atoms with E-state index in [0.29, 0.717) is 39.3 Å². The minimum Gasteiger partial charge on any atom is -0.492 e. The van der Waals surface area contributed by atoms with E-state index in [1.54, 1.807) is 36.4 Å². The molecular formula is C69H79ClN2O14Si2. The minimum atomic E-state index is -2.75. The summed E-state index contributed by atoms with van der Waals surface area (Å²) in [4.78, 5) is 34.7. The van der Waals surface area contributed by atoms with Gasteiger partial charge in [-0.2, -0.15) is 0 Å². The van der Waals surface area contributed by atoms with Crippen LogP contribution in [-0.2, 0) is 39.2 Å². The minimum absolute atomic E-state index is 0.0343. The van der Waals surface area contributed by atoms with E-state index < -0.39 is 76.6 Å². The van der Waals surface area contributed by atoms with Gasteiger partial charge in [-0.05, 0) is 149 Å². The van der Waals surface area contributed by atoms with Crippen molar-refractivity contribution in [2.75, 3.05) is 41.3 Å². The molecule has 464 valence electrons. The lowest BCUT2D eigenvalue weighted by atomic mass is 9.86. The predicted molar refractivity (Wildman–Crippen MR) is 345 cm³/mol. The van der Waals surface area contributed by atoms with E-state index in [9.17, 15) is 4.79 Å². The monoisotopic (exact) mass is 1250 g/mol. The maximum atomic E-state index is 15.1. The van der Waals surface area contributed by atoms with Crippen LogP contribution in [0.4, 0.5) is 0 Å². The molecule has 10 rings (SSSR count). The highest BCUT2D eigenvalue weighted by atomic mass is 35.5. The number of esters is 1. The Bertz CT molecular complexity index is 3760. The van der Waals surface area contributed by atoms with Crippen LogP contribution in [0.5, 0.6) is 34.5 Å². The second-order valence-corrected chi connectivity index (χ2v) is 33.7. The zero-order valence-electron chi connectivity index (χ0n) is 52.7. The standard InChI is InChI=1S/C69H79ClN2O14Si2/c1-16-30-78-56-34-49-35-57(82-42(2)3)64(77-9)63(76-8)51(49)37-52(56)67(74)72-54-38-61(73)79-40-60(81-41-75-7)68(85-87(10,11)12)28-19-22-59(84-62-44(5)31-43(4)32-45(62)6)69(86-88(13,14)15)50(27-29-68)36-58(83-55-26-25-53(54)71-66(55)70)65(69)80-39-46-23-24-47-20-17-18-21-48(47)33-46/h16-18,20-21,23-26,31-37,42,54,58-60,65H,1,28,30,38-41H2,2-15H3,(H,72,74)/t54-,58+,59-,60+,65-,68+,69-/m1/s1. The number of nitrogens with zero attached hydrogens (tertiary/aromatic N) is 1. The van der Waals surface area contributed by atoms with Crippen LogP contribution < -0.4 is 33.7 Å². The van der Waals surface area contributed by atoms with Gasteiger partial charge in [0.15, 0.2) is 56.3 Å². The third-order valence-corrected chi connectivity index (χ3v) is 17.0. The molecule has 0 saturated heterocycles. The number of carbonyl (C=O) groups excluding carboxylic acids is 2. The van der Waals surface area contributed by atoms with Crippen molar-refractivity contribution in [3.05, 3.63) is 148 Å². The average molecular weight is 1250 g/mol. The Labute approximate surface area is 523 Å². The fraction of sp³-hybridized carbons (Fsp3) is 0.406. The molecule has 0 spiro atoms. The Morgan fingerprint density at radius 3 is 2.25 bits per heavy atom. The van der Waals surface area contributed by atoms with Gasteiger partial charge in [0.05, 0.1) is 57.1 Å². The number of pyridine rings is 1. The Balaban J connectivity index is 1.23. The van der Waals surface area contributed by atoms with Gasteiger partial charge < -0.3 is 61.5 Å². The second-order valence-electron chi connectivity index (χ2n) is 24.4. The number of hydrogen-bond acceptors (Lipinski definition) is 15. The number of methoxy groups -OCH3 is 3. The lowest BCUT2D eigenvalue weighted by Gasteiger charge is -2.45. The van der Waals surface area contributed by atoms with Crippen LogP contribution in [0.2, 0.25) is 44.4 Å². The first-order valence-electron chi connectivity index (χ1n) is 29.4. The Hall–Kier alpha value is -7.37. The van der Waals surface area contributed by atoms with Crippen LogP contribution in [0, 0.1) is 44.5 Å². The normalized spacial score (nSPS) is 21.8. The van der Waals surface area contributed by atoms with Gasteiger partial charge in [-0.3, -0.25) is 9.59 Å². The van der Waals surface area contributed by atoms with E-state index in [1.165, 1.54) is 21.3 Å². The van der Waals surface area contributed by atoms with Crippen LogP contribution in [0.1, 0.15) is 71.0 Å². The number of halogens is 1. The van der Waals surface area contributed by atoms with Gasteiger partial charge in [0.2, 0.25) is 5.75 Å². The van der Waals surface area contributed by atoms with Gasteiger partial charge >= 0.3 is 5.97 Å². The van der Waals surface area contributed by atoms with E-state index in [2.05, 4.69) is 91.6 Å². The number of amides is 1. The zero-order chi connectivity index (χ0) is 63.3. The highest BCUT2D eigenvalue weighted by molar-refractivity contribution is 6.70. The van der Waals surface area contributed by atoms with Crippen molar-refractivity contribution in [1.29, 1.82) is 0 Å². The van der Waals surface area contributed by atoms with Gasteiger partial charge in [0.25, 0.3) is 5.91 Å². The van der Waals surface area contributed by atoms with Crippen LogP contribution in [0.15, 0.2) is 109 Å². The van der Waals surface area contributed by atoms with Crippen molar-refractivity contribution in [3.63, 3.8) is 0 Å². The van der Waals surface area contributed by atoms with Crippen molar-refractivity contribution in [1.82, 2.24) is 10.3 Å². The summed E-state index contributed by atoms with van der Waals surface area (Å²) in [5, 5.41) is 6.26. The lowest BCUT2D eigenvalue weighted by molar-refractivity contribution is -0.167. The fourth-order valence-corrected chi connectivity index (χ4v) is 14.4. The molecule has 1 N–H and O–H groups in total. The molecule has 1 amide bonds. The first kappa shape index (κ1) is 65.1. The van der Waals surface area contributed by atoms with E-state index >= 15 is 4.79 Å². The summed E-state index contributed by atoms with van der Waals surface area (Å²) in [5.74, 6) is 14.9. The third-order valence-electron chi connectivity index (χ3n) is 14.8. The number of ether oxygens (including phenoxy) is 10. The molecule has 2 aliphatic carbocycles. The van der Waals surface area contributed by atoms with E-state index in [-0.39, 0.29) is 67.0 Å². The maximum Gasteiger partial charge on any atom is 0.308 e. The van der Waals surface area contributed by atoms with Crippen molar-refractivity contribution >= 4 is 61.7 Å². The highest BCUT2D eigenvalue weighted by Gasteiger charge is 2.61. The summed E-state index contributed by atoms with van der Waals surface area (Å²) in [7, 11) is -0.896. The van der Waals surface area contributed by atoms with Crippen LogP contribution in [0.25, 0.3) is 21.5 Å². The van der Waals surface area contributed by atoms with Crippen LogP contribution >= 0.6 is 11.6 Å². The summed E-state index contributed by atoms with van der Waals surface area (Å²) in [5.41, 5.74) is 1.34. The molecule has 88 heavy (non-hydrogen) atoms. The van der Waals surface area contributed by atoms with Gasteiger partial charge in [-0.1, -0.05) is 102 Å². The topological polar surface area (TPSA) is 170 Å². The maximum absolute atomic E-state index is 15.1. The molecule has 0 saturated carbocycles. The Morgan fingerprint density at radius 2 is 1.58 bits per heavy atom.